The number of carbonyl (C=O) groups is 1. The van der Waals surface area contributed by atoms with Gasteiger partial charge < -0.3 is 30.0 Å². The van der Waals surface area contributed by atoms with Crippen LogP contribution in [0, 0.1) is 0 Å². The highest BCUT2D eigenvalue weighted by molar-refractivity contribution is 7.99. The van der Waals surface area contributed by atoms with Gasteiger partial charge in [-0.15, -0.1) is 0 Å². The molecule has 2 aromatic heterocycles. The molecule has 6 atom stereocenters. The average molecular weight is 465 g/mol. The first-order valence-corrected chi connectivity index (χ1v) is 11.8. The number of nitrogens with zero attached hydrogens (tertiary/aromatic N) is 4. The van der Waals surface area contributed by atoms with Crippen molar-refractivity contribution in [3.05, 3.63) is 12.7 Å². The molecular formula is C20H28N6O5S. The molecule has 3 aliphatic rings. The number of esters is 1. The molecule has 5 heterocycles. The highest BCUT2D eigenvalue weighted by Crippen LogP contribution is 2.45. The monoisotopic (exact) mass is 464 g/mol. The van der Waals surface area contributed by atoms with E-state index in [-0.39, 0.29) is 30.3 Å². The summed E-state index contributed by atoms with van der Waals surface area (Å²) in [7, 11) is 1.42. The number of imidazole rings is 1. The van der Waals surface area contributed by atoms with Crippen molar-refractivity contribution in [3.63, 3.8) is 0 Å². The van der Waals surface area contributed by atoms with Crippen molar-refractivity contribution >= 4 is 34.7 Å². The standard InChI is InChI=1S/C20H28N6O5S/c1-20(2)30-14-12(7-32-10-4-5-22-11(6-10)19(27)28-3)29-18(15(14)31-20)26-9-25-13-16(21)23-8-24-17(13)26/h8-12,14-15,18,22H,4-7H2,1-3H3,(H2,21,23,24)/t10-,11-,12-,14-,15-,18-/m1/s1. The SMILES string of the molecule is COC(=O)[C@H]1C[C@H](SC[C@H]2O[C@@H](n3cnc4c(N)ncnc43)[C@@H]3OC(C)(C)O[C@@H]32)CCN1. The van der Waals surface area contributed by atoms with Crippen LogP contribution in [-0.4, -0.2) is 80.3 Å². The number of fused-ring (bicyclic) bond motifs is 2. The Kier molecular flexibility index (Phi) is 5.74. The van der Waals surface area contributed by atoms with Crippen LogP contribution in [0.1, 0.15) is 32.9 Å². The van der Waals surface area contributed by atoms with Crippen LogP contribution in [0.25, 0.3) is 11.2 Å². The Morgan fingerprint density at radius 2 is 2.16 bits per heavy atom. The number of aromatic nitrogens is 4. The van der Waals surface area contributed by atoms with E-state index >= 15 is 0 Å². The molecule has 11 nitrogen and oxygen atoms in total. The zero-order valence-corrected chi connectivity index (χ0v) is 19.1. The Balaban J connectivity index is 1.33. The predicted octanol–water partition coefficient (Wildman–Crippen LogP) is 0.853. The smallest absolute Gasteiger partial charge is 0.322 e. The maximum atomic E-state index is 11.9. The van der Waals surface area contributed by atoms with Crippen LogP contribution in [0.5, 0.6) is 0 Å². The molecule has 5 rings (SSSR count). The summed E-state index contributed by atoms with van der Waals surface area (Å²) < 4.78 is 25.6. The molecule has 0 aliphatic carbocycles. The molecule has 3 aliphatic heterocycles. The van der Waals surface area contributed by atoms with Gasteiger partial charge in [0, 0.05) is 11.0 Å². The molecule has 0 unspecified atom stereocenters. The van der Waals surface area contributed by atoms with Crippen molar-refractivity contribution in [1.82, 2.24) is 24.8 Å². The van der Waals surface area contributed by atoms with Crippen LogP contribution in [0.15, 0.2) is 12.7 Å². The number of rotatable bonds is 5. The molecule has 3 saturated heterocycles. The van der Waals surface area contributed by atoms with E-state index in [9.17, 15) is 4.79 Å². The number of nitrogen functional groups attached to an aromatic ring is 1. The molecule has 2 aromatic rings. The summed E-state index contributed by atoms with van der Waals surface area (Å²) in [6.45, 7) is 4.60. The van der Waals surface area contributed by atoms with Crippen molar-refractivity contribution in [1.29, 1.82) is 0 Å². The summed E-state index contributed by atoms with van der Waals surface area (Å²) in [5.41, 5.74) is 7.09. The van der Waals surface area contributed by atoms with E-state index in [1.807, 2.05) is 18.4 Å². The number of methoxy groups -OCH3 is 1. The quantitative estimate of drug-likeness (QED) is 0.610. The van der Waals surface area contributed by atoms with Crippen LogP contribution in [0.4, 0.5) is 5.82 Å². The highest BCUT2D eigenvalue weighted by Gasteiger charge is 2.56. The predicted molar refractivity (Wildman–Crippen MR) is 117 cm³/mol. The van der Waals surface area contributed by atoms with E-state index in [1.54, 1.807) is 18.1 Å². The minimum absolute atomic E-state index is 0.181. The number of nitrogens with two attached hydrogens (primary N) is 1. The maximum Gasteiger partial charge on any atom is 0.322 e. The minimum atomic E-state index is -0.713. The molecule has 3 N–H and O–H groups in total. The topological polar surface area (TPSA) is 136 Å². The summed E-state index contributed by atoms with van der Waals surface area (Å²) in [4.78, 5) is 24.6. The summed E-state index contributed by atoms with van der Waals surface area (Å²) in [6.07, 6.45) is 3.63. The van der Waals surface area contributed by atoms with Gasteiger partial charge in [-0.25, -0.2) is 15.0 Å². The third-order valence-electron chi connectivity index (χ3n) is 6.12. The molecule has 32 heavy (non-hydrogen) atoms. The van der Waals surface area contributed by atoms with Gasteiger partial charge in [-0.2, -0.15) is 11.8 Å². The first-order chi connectivity index (χ1) is 15.4. The minimum Gasteiger partial charge on any atom is -0.468 e. The van der Waals surface area contributed by atoms with Gasteiger partial charge in [-0.05, 0) is 33.2 Å². The second-order valence-corrected chi connectivity index (χ2v) is 10.1. The fourth-order valence-corrected chi connectivity index (χ4v) is 6.00. The van der Waals surface area contributed by atoms with Gasteiger partial charge in [0.2, 0.25) is 0 Å². The van der Waals surface area contributed by atoms with Crippen LogP contribution in [0.3, 0.4) is 0 Å². The van der Waals surface area contributed by atoms with E-state index in [2.05, 4.69) is 20.3 Å². The lowest BCUT2D eigenvalue weighted by atomic mass is 10.0. The van der Waals surface area contributed by atoms with E-state index < -0.39 is 12.0 Å². The summed E-state index contributed by atoms with van der Waals surface area (Å²) in [5, 5.41) is 3.56. The molecular weight excluding hydrogens is 436 g/mol. The first-order valence-electron chi connectivity index (χ1n) is 10.7. The second-order valence-electron chi connectivity index (χ2n) is 8.72. The Labute approximate surface area is 189 Å². The molecule has 3 fully saturated rings. The van der Waals surface area contributed by atoms with Gasteiger partial charge in [0.25, 0.3) is 0 Å². The zero-order chi connectivity index (χ0) is 22.5. The van der Waals surface area contributed by atoms with Crippen molar-refractivity contribution in [2.45, 2.75) is 68.3 Å². The van der Waals surface area contributed by atoms with Crippen LogP contribution in [0.2, 0.25) is 0 Å². The number of hydrogen-bond acceptors (Lipinski definition) is 11. The van der Waals surface area contributed by atoms with Gasteiger partial charge in [0.05, 0.1) is 19.5 Å². The summed E-state index contributed by atoms with van der Waals surface area (Å²) in [6, 6.07) is -0.260. The molecule has 0 saturated carbocycles. The van der Waals surface area contributed by atoms with Gasteiger partial charge in [-0.1, -0.05) is 0 Å². The van der Waals surface area contributed by atoms with Crippen LogP contribution in [-0.2, 0) is 23.7 Å². The summed E-state index contributed by atoms with van der Waals surface area (Å²) in [5.74, 6) is 0.120. The van der Waals surface area contributed by atoms with E-state index in [0.29, 0.717) is 22.2 Å². The van der Waals surface area contributed by atoms with Crippen LogP contribution < -0.4 is 11.1 Å². The summed E-state index contributed by atoms with van der Waals surface area (Å²) >= 11 is 1.80. The number of ether oxygens (including phenoxy) is 4. The fraction of sp³-hybridized carbons (Fsp3) is 0.700. The van der Waals surface area contributed by atoms with Crippen molar-refractivity contribution in [2.24, 2.45) is 0 Å². The number of hydrogen-bond donors (Lipinski definition) is 2. The highest BCUT2D eigenvalue weighted by atomic mass is 32.2. The van der Waals surface area contributed by atoms with Gasteiger partial charge in [-0.3, -0.25) is 9.36 Å². The molecule has 12 heteroatoms. The fourth-order valence-electron chi connectivity index (χ4n) is 4.66. The Bertz CT molecular complexity index is 1000. The molecule has 174 valence electrons. The second kappa shape index (κ2) is 8.41. The lowest BCUT2D eigenvalue weighted by molar-refractivity contribution is -0.193. The third kappa shape index (κ3) is 3.94. The lowest BCUT2D eigenvalue weighted by Crippen LogP contribution is -2.45. The number of nitrogens with one attached hydrogen (secondary N) is 1. The molecule has 0 amide bonds. The Hall–Kier alpha value is -1.99. The third-order valence-corrected chi connectivity index (χ3v) is 7.54. The average Bonchev–Trinajstić information content (AvgIpc) is 3.43. The van der Waals surface area contributed by atoms with Crippen molar-refractivity contribution in [2.75, 3.05) is 25.1 Å². The van der Waals surface area contributed by atoms with Gasteiger partial charge in [0.15, 0.2) is 23.5 Å². The Morgan fingerprint density at radius 1 is 1.34 bits per heavy atom. The molecule has 0 spiro atoms. The number of anilines is 1. The molecule has 0 aromatic carbocycles. The van der Waals surface area contributed by atoms with E-state index in [4.69, 9.17) is 24.7 Å². The van der Waals surface area contributed by atoms with Crippen molar-refractivity contribution < 1.29 is 23.7 Å². The largest absolute Gasteiger partial charge is 0.468 e. The molecule has 0 bridgehead atoms. The number of carbonyl (C=O) groups excluding carboxylic acids is 1. The Morgan fingerprint density at radius 3 is 2.97 bits per heavy atom. The zero-order valence-electron chi connectivity index (χ0n) is 18.3. The number of thioether (sulfide) groups is 1. The van der Waals surface area contributed by atoms with Crippen molar-refractivity contribution in [3.8, 4) is 0 Å². The van der Waals surface area contributed by atoms with Gasteiger partial charge >= 0.3 is 5.97 Å². The van der Waals surface area contributed by atoms with Gasteiger partial charge in [0.1, 0.15) is 30.1 Å². The lowest BCUT2D eigenvalue weighted by Gasteiger charge is -2.29. The van der Waals surface area contributed by atoms with Crippen LogP contribution >= 0.6 is 11.8 Å². The van der Waals surface area contributed by atoms with E-state index in [0.717, 1.165) is 25.1 Å². The first kappa shape index (κ1) is 21.8. The number of piperidine rings is 1. The van der Waals surface area contributed by atoms with E-state index in [1.165, 1.54) is 13.4 Å². The molecule has 0 radical (unpaired) electrons. The normalized spacial score (nSPS) is 34.0. The maximum absolute atomic E-state index is 11.9.